The summed E-state index contributed by atoms with van der Waals surface area (Å²) in [4.78, 5) is 19.8. The Morgan fingerprint density at radius 1 is 1.24 bits per heavy atom. The number of carboxylic acid groups (broad SMARTS) is 2. The van der Waals surface area contributed by atoms with Crippen LogP contribution in [-0.2, 0) is 9.59 Å². The topological polar surface area (TPSA) is 80.3 Å². The number of unbranched alkanes of at least 4 members (excludes halogenated alkanes) is 1. The zero-order valence-corrected chi connectivity index (χ0v) is 13.2. The summed E-state index contributed by atoms with van der Waals surface area (Å²) >= 11 is 0. The van der Waals surface area contributed by atoms with E-state index in [1.54, 1.807) is 0 Å². The second-order valence-electron chi connectivity index (χ2n) is 3.63. The second kappa shape index (κ2) is 14.0. The average molecular weight is 268 g/mol. The molecule has 0 heterocycles. The fraction of sp³-hybridized carbons (Fsp3) is 0.667. The van der Waals surface area contributed by atoms with Gasteiger partial charge in [0.1, 0.15) is 0 Å². The van der Waals surface area contributed by atoms with Gasteiger partial charge in [-0.1, -0.05) is 33.3 Å². The molecule has 0 saturated carbocycles. The van der Waals surface area contributed by atoms with Crippen LogP contribution < -0.4 is 10.2 Å². The molecule has 0 aromatic carbocycles. The third-order valence-electron chi connectivity index (χ3n) is 2.08. The number of hydrogen-bond donors (Lipinski definition) is 0. The predicted molar refractivity (Wildman–Crippen MR) is 63.9 cm³/mol. The summed E-state index contributed by atoms with van der Waals surface area (Å²) < 4.78 is 0. The quantitative estimate of drug-likeness (QED) is 0.497. The van der Waals surface area contributed by atoms with Crippen LogP contribution in [0.2, 0.25) is 0 Å². The molecule has 0 spiro atoms. The van der Waals surface area contributed by atoms with Gasteiger partial charge in [0.05, 0.1) is 5.97 Å². The first-order chi connectivity index (χ1) is 7.36. The van der Waals surface area contributed by atoms with E-state index in [9.17, 15) is 19.8 Å². The van der Waals surface area contributed by atoms with Gasteiger partial charge >= 0.3 is 37.7 Å². The van der Waals surface area contributed by atoms with Gasteiger partial charge in [-0.05, 0) is 31.3 Å². The SMILES string of the molecule is C=C(C)C(=O)[O-].CCCCC(CC)C(=O)[O-].[Ca+2]. The molecule has 0 radical (unpaired) electrons. The van der Waals surface area contributed by atoms with E-state index in [-0.39, 0.29) is 49.2 Å². The second-order valence-corrected chi connectivity index (χ2v) is 3.63. The molecule has 0 aliphatic carbocycles. The molecule has 94 valence electrons. The Labute approximate surface area is 133 Å². The Morgan fingerprint density at radius 3 is 1.82 bits per heavy atom. The minimum atomic E-state index is -1.19. The molecule has 0 bridgehead atoms. The molecule has 0 amide bonds. The van der Waals surface area contributed by atoms with Crippen molar-refractivity contribution in [3.8, 4) is 0 Å². The third kappa shape index (κ3) is 15.9. The van der Waals surface area contributed by atoms with Crippen molar-refractivity contribution in [2.75, 3.05) is 0 Å². The number of carbonyl (C=O) groups is 2. The molecule has 17 heavy (non-hydrogen) atoms. The van der Waals surface area contributed by atoms with E-state index in [1.807, 2.05) is 6.92 Å². The summed E-state index contributed by atoms with van der Waals surface area (Å²) in [6.45, 7) is 8.42. The first-order valence-electron chi connectivity index (χ1n) is 5.44. The number of hydrogen-bond acceptors (Lipinski definition) is 4. The summed E-state index contributed by atoms with van der Waals surface area (Å²) in [5, 5.41) is 19.8. The summed E-state index contributed by atoms with van der Waals surface area (Å²) in [6, 6.07) is 0. The zero-order valence-electron chi connectivity index (χ0n) is 11.0. The normalized spacial score (nSPS) is 10.3. The van der Waals surface area contributed by atoms with E-state index in [0.717, 1.165) is 19.3 Å². The van der Waals surface area contributed by atoms with Crippen LogP contribution in [0.4, 0.5) is 0 Å². The molecule has 4 nitrogen and oxygen atoms in total. The molecule has 0 aliphatic rings. The number of rotatable bonds is 6. The van der Waals surface area contributed by atoms with Crippen LogP contribution in [0.25, 0.3) is 0 Å². The molecule has 0 rings (SSSR count). The van der Waals surface area contributed by atoms with Crippen molar-refractivity contribution in [1.82, 2.24) is 0 Å². The maximum Gasteiger partial charge on any atom is 2.00 e. The Kier molecular flexibility index (Phi) is 18.2. The maximum absolute atomic E-state index is 10.3. The van der Waals surface area contributed by atoms with Gasteiger partial charge in [0, 0.05) is 5.97 Å². The van der Waals surface area contributed by atoms with E-state index in [2.05, 4.69) is 13.5 Å². The van der Waals surface area contributed by atoms with Gasteiger partial charge in [-0.3, -0.25) is 0 Å². The van der Waals surface area contributed by atoms with Crippen LogP contribution in [0.15, 0.2) is 12.2 Å². The van der Waals surface area contributed by atoms with Crippen molar-refractivity contribution in [2.24, 2.45) is 5.92 Å². The van der Waals surface area contributed by atoms with Gasteiger partial charge in [0.2, 0.25) is 0 Å². The molecule has 0 saturated heterocycles. The van der Waals surface area contributed by atoms with Crippen molar-refractivity contribution < 1.29 is 19.8 Å². The minimum Gasteiger partial charge on any atom is -0.550 e. The summed E-state index contributed by atoms with van der Waals surface area (Å²) in [7, 11) is 0. The van der Waals surface area contributed by atoms with E-state index >= 15 is 0 Å². The van der Waals surface area contributed by atoms with E-state index in [0.29, 0.717) is 6.42 Å². The third-order valence-corrected chi connectivity index (χ3v) is 2.08. The van der Waals surface area contributed by atoms with Gasteiger partial charge in [-0.2, -0.15) is 0 Å². The summed E-state index contributed by atoms with van der Waals surface area (Å²) in [6.07, 6.45) is 3.52. The molecular weight excluding hydrogens is 248 g/mol. The number of carbonyl (C=O) groups excluding carboxylic acids is 2. The van der Waals surface area contributed by atoms with E-state index < -0.39 is 11.9 Å². The molecule has 0 aromatic rings. The first-order valence-corrected chi connectivity index (χ1v) is 5.44. The molecule has 5 heteroatoms. The fourth-order valence-electron chi connectivity index (χ4n) is 0.939. The van der Waals surface area contributed by atoms with Gasteiger partial charge in [0.25, 0.3) is 0 Å². The Bertz CT molecular complexity index is 227. The predicted octanol–water partition coefficient (Wildman–Crippen LogP) is -0.116. The monoisotopic (exact) mass is 268 g/mol. The number of carboxylic acids is 2. The first kappa shape index (κ1) is 22.1. The molecule has 1 atom stereocenters. The van der Waals surface area contributed by atoms with Crippen molar-refractivity contribution in [3.63, 3.8) is 0 Å². The Balaban J connectivity index is -0.000000244. The van der Waals surface area contributed by atoms with Crippen molar-refractivity contribution in [1.29, 1.82) is 0 Å². The number of aliphatic carboxylic acids is 2. The molecule has 1 unspecified atom stereocenters. The molecule has 0 fully saturated rings. The Morgan fingerprint density at radius 2 is 1.65 bits per heavy atom. The van der Waals surface area contributed by atoms with Gasteiger partial charge in [0.15, 0.2) is 0 Å². The van der Waals surface area contributed by atoms with Crippen LogP contribution >= 0.6 is 0 Å². The van der Waals surface area contributed by atoms with Crippen LogP contribution in [0, 0.1) is 5.92 Å². The summed E-state index contributed by atoms with van der Waals surface area (Å²) in [5.41, 5.74) is 0.0648. The molecule has 0 aliphatic heterocycles. The fourth-order valence-corrected chi connectivity index (χ4v) is 0.939. The van der Waals surface area contributed by atoms with Gasteiger partial charge in [-0.15, -0.1) is 0 Å². The Hall–Kier alpha value is -0.0603. The van der Waals surface area contributed by atoms with Crippen LogP contribution in [0.5, 0.6) is 0 Å². The van der Waals surface area contributed by atoms with Gasteiger partial charge < -0.3 is 19.8 Å². The smallest absolute Gasteiger partial charge is 0.550 e. The molecule has 0 aromatic heterocycles. The zero-order chi connectivity index (χ0) is 13.1. The van der Waals surface area contributed by atoms with Crippen LogP contribution in [0.3, 0.4) is 0 Å². The maximum atomic E-state index is 10.3. The van der Waals surface area contributed by atoms with Crippen LogP contribution in [0.1, 0.15) is 46.5 Å². The van der Waals surface area contributed by atoms with Crippen molar-refractivity contribution >= 4 is 49.7 Å². The van der Waals surface area contributed by atoms with Crippen LogP contribution in [-0.4, -0.2) is 49.7 Å². The molecule has 0 N–H and O–H groups in total. The largest absolute Gasteiger partial charge is 2.00 e. The summed E-state index contributed by atoms with van der Waals surface area (Å²) in [5.74, 6) is -2.30. The van der Waals surface area contributed by atoms with Crippen molar-refractivity contribution in [3.05, 3.63) is 12.2 Å². The molecular formula is C12H20CaO4. The van der Waals surface area contributed by atoms with Crippen molar-refractivity contribution in [2.45, 2.75) is 46.5 Å². The standard InChI is InChI=1S/C8H16O2.C4H6O2.Ca/c1-3-5-6-7(4-2)8(9)10;1-3(2)4(5)6;/h7H,3-6H2,1-2H3,(H,9,10);1H2,2H3,(H,5,6);/q;;+2/p-2. The minimum absolute atomic E-state index is 0. The average Bonchev–Trinajstić information content (AvgIpc) is 2.19. The van der Waals surface area contributed by atoms with E-state index in [4.69, 9.17) is 0 Å². The van der Waals surface area contributed by atoms with E-state index in [1.165, 1.54) is 6.92 Å². The van der Waals surface area contributed by atoms with Gasteiger partial charge in [-0.25, -0.2) is 0 Å².